The minimum absolute atomic E-state index is 0.0898. The molecule has 0 atom stereocenters. The number of oxime groups is 1. The third kappa shape index (κ3) is 3.32. The maximum atomic E-state index is 11.2. The van der Waals surface area contributed by atoms with E-state index in [4.69, 9.17) is 15.7 Å². The summed E-state index contributed by atoms with van der Waals surface area (Å²) in [7, 11) is 0. The van der Waals surface area contributed by atoms with E-state index in [0.717, 1.165) is 0 Å². The lowest BCUT2D eigenvalue weighted by Crippen LogP contribution is -2.04. The highest BCUT2D eigenvalue weighted by atomic mass is 32.1. The summed E-state index contributed by atoms with van der Waals surface area (Å²) in [6.07, 6.45) is 1.21. The third-order valence-electron chi connectivity index (χ3n) is 2.27. The Morgan fingerprint density at radius 2 is 2.47 bits per heavy atom. The molecule has 0 aliphatic heterocycles. The molecule has 2 aromatic heterocycles. The van der Waals surface area contributed by atoms with Gasteiger partial charge < -0.3 is 20.7 Å². The summed E-state index contributed by atoms with van der Waals surface area (Å²) in [5.74, 6) is -0.332. The smallest absolute Gasteiger partial charge is 0.223 e. The van der Waals surface area contributed by atoms with Gasteiger partial charge in [0.25, 0.3) is 0 Å². The molecular weight excluding hydrogens is 268 g/mol. The number of aromatic amines is 1. The summed E-state index contributed by atoms with van der Waals surface area (Å²) in [5, 5.41) is 15.2. The molecule has 2 aromatic rings. The van der Waals surface area contributed by atoms with Gasteiger partial charge in [-0.25, -0.2) is 4.98 Å². The molecule has 0 saturated heterocycles. The van der Waals surface area contributed by atoms with Crippen LogP contribution in [0, 0.1) is 0 Å². The number of hydrogen-bond acceptors (Lipinski definition) is 7. The van der Waals surface area contributed by atoms with Crippen LogP contribution in [0.5, 0.6) is 5.75 Å². The van der Waals surface area contributed by atoms with Gasteiger partial charge in [-0.3, -0.25) is 4.79 Å². The molecule has 2 rings (SSSR count). The highest BCUT2D eigenvalue weighted by molar-refractivity contribution is 7.13. The second kappa shape index (κ2) is 5.53. The molecule has 0 saturated carbocycles. The molecule has 0 unspecified atom stereocenters. The van der Waals surface area contributed by atoms with Crippen molar-refractivity contribution >= 4 is 22.2 Å². The van der Waals surface area contributed by atoms with Crippen LogP contribution in [0.1, 0.15) is 18.3 Å². The van der Waals surface area contributed by atoms with Crippen molar-refractivity contribution in [3.63, 3.8) is 0 Å². The fourth-order valence-corrected chi connectivity index (χ4v) is 1.90. The Morgan fingerprint density at radius 1 is 1.68 bits per heavy atom. The SMILES string of the molecule is C/C(=N\OCc1cc(=O)c(O)c[nH]1)c1csc(N)n1. The van der Waals surface area contributed by atoms with Crippen molar-refractivity contribution in [2.45, 2.75) is 13.5 Å². The number of aromatic nitrogens is 2. The van der Waals surface area contributed by atoms with E-state index in [1.54, 1.807) is 12.3 Å². The summed E-state index contributed by atoms with van der Waals surface area (Å²) in [6.45, 7) is 1.83. The Hall–Kier alpha value is -2.35. The molecule has 0 aliphatic carbocycles. The number of thiazole rings is 1. The van der Waals surface area contributed by atoms with E-state index < -0.39 is 5.43 Å². The first-order valence-corrected chi connectivity index (χ1v) is 6.22. The van der Waals surface area contributed by atoms with Gasteiger partial charge in [-0.15, -0.1) is 11.3 Å². The molecule has 8 heteroatoms. The molecule has 0 amide bonds. The van der Waals surface area contributed by atoms with Crippen molar-refractivity contribution in [2.24, 2.45) is 5.16 Å². The Morgan fingerprint density at radius 3 is 3.11 bits per heavy atom. The van der Waals surface area contributed by atoms with Crippen molar-refractivity contribution in [3.05, 3.63) is 39.3 Å². The van der Waals surface area contributed by atoms with Gasteiger partial charge >= 0.3 is 0 Å². The van der Waals surface area contributed by atoms with Crippen molar-refractivity contribution in [1.29, 1.82) is 0 Å². The van der Waals surface area contributed by atoms with Crippen molar-refractivity contribution in [3.8, 4) is 5.75 Å². The van der Waals surface area contributed by atoms with Gasteiger partial charge in [0.2, 0.25) is 5.43 Å². The highest BCUT2D eigenvalue weighted by Gasteiger charge is 2.03. The quantitative estimate of drug-likeness (QED) is 0.572. The molecule has 0 bridgehead atoms. The van der Waals surface area contributed by atoms with Crippen molar-refractivity contribution in [1.82, 2.24) is 9.97 Å². The summed E-state index contributed by atoms with van der Waals surface area (Å²) >= 11 is 1.32. The number of anilines is 1. The number of rotatable bonds is 4. The monoisotopic (exact) mass is 280 g/mol. The number of nitrogen functional groups attached to an aromatic ring is 1. The van der Waals surface area contributed by atoms with Gasteiger partial charge in [0.05, 0.1) is 5.69 Å². The number of nitrogens with two attached hydrogens (primary N) is 1. The number of hydrogen-bond donors (Lipinski definition) is 3. The van der Waals surface area contributed by atoms with Gasteiger partial charge in [-0.1, -0.05) is 5.16 Å². The molecule has 0 aliphatic rings. The fraction of sp³-hybridized carbons (Fsp3) is 0.182. The lowest BCUT2D eigenvalue weighted by Gasteiger charge is -2.01. The first-order valence-electron chi connectivity index (χ1n) is 5.35. The standard InChI is InChI=1S/C11H12N4O3S/c1-6(8-5-19-11(12)14-8)15-18-4-7-2-9(16)10(17)3-13-7/h2-3,5,17H,4H2,1H3,(H2,12,14)(H,13,16)/b15-6+. The van der Waals surface area contributed by atoms with Crippen LogP contribution < -0.4 is 11.2 Å². The number of pyridine rings is 1. The molecule has 7 nitrogen and oxygen atoms in total. The summed E-state index contributed by atoms with van der Waals surface area (Å²) < 4.78 is 0. The number of nitrogens with one attached hydrogen (secondary N) is 1. The summed E-state index contributed by atoms with van der Waals surface area (Å²) in [5.41, 5.74) is 6.81. The van der Waals surface area contributed by atoms with E-state index in [2.05, 4.69) is 15.1 Å². The normalized spacial score (nSPS) is 11.5. The van der Waals surface area contributed by atoms with Crippen LogP contribution in [-0.4, -0.2) is 20.8 Å². The molecule has 100 valence electrons. The lowest BCUT2D eigenvalue weighted by molar-refractivity contribution is 0.127. The number of H-pyrrole nitrogens is 1. The highest BCUT2D eigenvalue weighted by Crippen LogP contribution is 2.12. The maximum Gasteiger partial charge on any atom is 0.223 e. The topological polar surface area (TPSA) is 114 Å². The van der Waals surface area contributed by atoms with E-state index in [9.17, 15) is 4.79 Å². The van der Waals surface area contributed by atoms with Gasteiger partial charge in [0, 0.05) is 17.6 Å². The number of aromatic hydroxyl groups is 1. The molecular formula is C11H12N4O3S. The van der Waals surface area contributed by atoms with Gasteiger partial charge in [0.1, 0.15) is 11.4 Å². The van der Waals surface area contributed by atoms with Crippen LogP contribution in [0.3, 0.4) is 0 Å². The fourth-order valence-electron chi connectivity index (χ4n) is 1.29. The third-order valence-corrected chi connectivity index (χ3v) is 2.94. The Labute approximate surface area is 112 Å². The average molecular weight is 280 g/mol. The van der Waals surface area contributed by atoms with Crippen LogP contribution in [0.15, 0.2) is 27.6 Å². The summed E-state index contributed by atoms with van der Waals surface area (Å²) in [6, 6.07) is 1.25. The molecule has 2 heterocycles. The predicted octanol–water partition coefficient (Wildman–Crippen LogP) is 1.06. The second-order valence-corrected chi connectivity index (χ2v) is 4.62. The van der Waals surface area contributed by atoms with Crippen LogP contribution in [0.25, 0.3) is 0 Å². The van der Waals surface area contributed by atoms with Gasteiger partial charge in [-0.2, -0.15) is 0 Å². The predicted molar refractivity (Wildman–Crippen MR) is 72.3 cm³/mol. The Balaban J connectivity index is 1.99. The lowest BCUT2D eigenvalue weighted by atomic mass is 10.3. The maximum absolute atomic E-state index is 11.2. The minimum Gasteiger partial charge on any atom is -0.503 e. The van der Waals surface area contributed by atoms with Crippen molar-refractivity contribution in [2.75, 3.05) is 5.73 Å². The zero-order valence-electron chi connectivity index (χ0n) is 10.1. The average Bonchev–Trinajstić information content (AvgIpc) is 2.80. The first kappa shape index (κ1) is 13.1. The molecule has 0 radical (unpaired) electrons. The van der Waals surface area contributed by atoms with Gasteiger partial charge in [-0.05, 0) is 6.92 Å². The largest absolute Gasteiger partial charge is 0.503 e. The zero-order valence-corrected chi connectivity index (χ0v) is 10.9. The molecule has 4 N–H and O–H groups in total. The van der Waals surface area contributed by atoms with E-state index in [1.165, 1.54) is 23.6 Å². The van der Waals surface area contributed by atoms with Crippen molar-refractivity contribution < 1.29 is 9.94 Å². The van der Waals surface area contributed by atoms with E-state index in [0.29, 0.717) is 22.2 Å². The van der Waals surface area contributed by atoms with E-state index in [1.807, 2.05) is 0 Å². The van der Waals surface area contributed by atoms with Gasteiger partial charge in [0.15, 0.2) is 17.5 Å². The van der Waals surface area contributed by atoms with E-state index in [-0.39, 0.29) is 12.4 Å². The Kier molecular flexibility index (Phi) is 3.81. The summed E-state index contributed by atoms with van der Waals surface area (Å²) in [4.78, 5) is 23.1. The van der Waals surface area contributed by atoms with Crippen LogP contribution in [0.4, 0.5) is 5.13 Å². The van der Waals surface area contributed by atoms with E-state index >= 15 is 0 Å². The zero-order chi connectivity index (χ0) is 13.8. The van der Waals surface area contributed by atoms with Crippen LogP contribution >= 0.6 is 11.3 Å². The number of nitrogens with zero attached hydrogens (tertiary/aromatic N) is 2. The van der Waals surface area contributed by atoms with Crippen LogP contribution in [0.2, 0.25) is 0 Å². The Bertz CT molecular complexity index is 662. The molecule has 0 aromatic carbocycles. The molecule has 0 fully saturated rings. The molecule has 0 spiro atoms. The van der Waals surface area contributed by atoms with Crippen LogP contribution in [-0.2, 0) is 11.4 Å². The minimum atomic E-state index is -0.467. The molecule has 19 heavy (non-hydrogen) atoms. The second-order valence-electron chi connectivity index (χ2n) is 3.73. The first-order chi connectivity index (χ1) is 9.06.